The first kappa shape index (κ1) is 24.1. The van der Waals surface area contributed by atoms with Crippen molar-refractivity contribution in [1.82, 2.24) is 10.2 Å². The van der Waals surface area contributed by atoms with E-state index in [2.05, 4.69) is 44.6 Å². The molecule has 1 fully saturated rings. The SMILES string of the molecule is CNC(=O)c1cccc(Sc2ccc3c(c2)NC(=O)C3C=Nc2ccc(N3CCN(C)CC3)cc2)c1. The van der Waals surface area contributed by atoms with Crippen LogP contribution >= 0.6 is 11.8 Å². The normalized spacial score (nSPS) is 17.8. The van der Waals surface area contributed by atoms with Crippen molar-refractivity contribution >= 4 is 46.9 Å². The number of rotatable bonds is 6. The number of aliphatic imine (C=N–C) groups is 1. The van der Waals surface area contributed by atoms with Crippen molar-refractivity contribution in [2.45, 2.75) is 15.7 Å². The zero-order valence-electron chi connectivity index (χ0n) is 20.4. The number of carbonyl (C=O) groups excluding carboxylic acids is 2. The lowest BCUT2D eigenvalue weighted by Gasteiger charge is -2.34. The maximum absolute atomic E-state index is 12.7. The third-order valence-corrected chi connectivity index (χ3v) is 7.53. The number of likely N-dealkylation sites (N-methyl/N-ethyl adjacent to an activating group) is 1. The first-order chi connectivity index (χ1) is 17.5. The number of anilines is 2. The van der Waals surface area contributed by atoms with Crippen LogP contribution in [0, 0.1) is 0 Å². The molecule has 8 heteroatoms. The number of fused-ring (bicyclic) bond motifs is 1. The number of nitrogens with one attached hydrogen (secondary N) is 2. The van der Waals surface area contributed by atoms with Gasteiger partial charge >= 0.3 is 0 Å². The molecule has 5 rings (SSSR count). The van der Waals surface area contributed by atoms with Gasteiger partial charge in [0.25, 0.3) is 5.91 Å². The van der Waals surface area contributed by atoms with Gasteiger partial charge in [-0.05, 0) is 67.2 Å². The molecular formula is C28H29N5O2S. The van der Waals surface area contributed by atoms with Gasteiger partial charge in [-0.15, -0.1) is 0 Å². The van der Waals surface area contributed by atoms with Crippen LogP contribution in [0.25, 0.3) is 0 Å². The number of amides is 2. The molecule has 2 amide bonds. The van der Waals surface area contributed by atoms with Crippen LogP contribution in [0.15, 0.2) is 81.5 Å². The van der Waals surface area contributed by atoms with Gasteiger partial charge in [-0.1, -0.05) is 23.9 Å². The smallest absolute Gasteiger partial charge is 0.251 e. The standard InChI is InChI=1S/C28H29N5O2S/c1-29-27(34)19-4-3-5-22(16-19)36-23-10-11-24-25(28(35)31-26(24)17-23)18-30-20-6-8-21(9-7-20)33-14-12-32(2)13-15-33/h3-11,16-18,25H,12-15H2,1-2H3,(H,29,34)(H,31,35). The van der Waals surface area contributed by atoms with E-state index < -0.39 is 5.92 Å². The van der Waals surface area contributed by atoms with Crippen LogP contribution in [0.5, 0.6) is 0 Å². The van der Waals surface area contributed by atoms with Gasteiger partial charge in [0.2, 0.25) is 5.91 Å². The van der Waals surface area contributed by atoms with E-state index in [0.29, 0.717) is 5.56 Å². The van der Waals surface area contributed by atoms with Gasteiger partial charge in [-0.3, -0.25) is 14.6 Å². The predicted molar refractivity (Wildman–Crippen MR) is 146 cm³/mol. The third kappa shape index (κ3) is 5.29. The van der Waals surface area contributed by atoms with Crippen molar-refractivity contribution in [1.29, 1.82) is 0 Å². The Morgan fingerprint density at radius 3 is 2.53 bits per heavy atom. The predicted octanol–water partition coefficient (Wildman–Crippen LogP) is 4.39. The fourth-order valence-electron chi connectivity index (χ4n) is 4.43. The van der Waals surface area contributed by atoms with Crippen LogP contribution in [0.1, 0.15) is 21.8 Å². The zero-order valence-corrected chi connectivity index (χ0v) is 21.2. The average molecular weight is 500 g/mol. The van der Waals surface area contributed by atoms with Crippen LogP contribution < -0.4 is 15.5 Å². The highest BCUT2D eigenvalue weighted by Gasteiger charge is 2.29. The number of piperazine rings is 1. The number of hydrogen-bond acceptors (Lipinski definition) is 6. The lowest BCUT2D eigenvalue weighted by atomic mass is 10.0. The maximum atomic E-state index is 12.7. The van der Waals surface area contributed by atoms with Gasteiger partial charge in [-0.25, -0.2) is 0 Å². The quantitative estimate of drug-likeness (QED) is 0.492. The Morgan fingerprint density at radius 2 is 1.78 bits per heavy atom. The van der Waals surface area contributed by atoms with E-state index in [1.165, 1.54) is 5.69 Å². The Balaban J connectivity index is 1.27. The van der Waals surface area contributed by atoms with Gasteiger partial charge in [0.05, 0.1) is 5.69 Å². The monoisotopic (exact) mass is 499 g/mol. The second kappa shape index (κ2) is 10.6. The third-order valence-electron chi connectivity index (χ3n) is 6.55. The topological polar surface area (TPSA) is 77.0 Å². The van der Waals surface area contributed by atoms with E-state index in [0.717, 1.165) is 52.9 Å². The molecule has 1 saturated heterocycles. The van der Waals surface area contributed by atoms with Crippen molar-refractivity contribution in [2.75, 3.05) is 50.5 Å². The lowest BCUT2D eigenvalue weighted by Crippen LogP contribution is -2.44. The van der Waals surface area contributed by atoms with Crippen LogP contribution in [0.3, 0.4) is 0 Å². The summed E-state index contributed by atoms with van der Waals surface area (Å²) in [7, 11) is 3.77. The van der Waals surface area contributed by atoms with Gasteiger partial charge in [0.1, 0.15) is 5.92 Å². The molecule has 184 valence electrons. The summed E-state index contributed by atoms with van der Waals surface area (Å²) in [6.45, 7) is 4.19. The van der Waals surface area contributed by atoms with Crippen LogP contribution in [0.4, 0.5) is 17.1 Å². The minimum atomic E-state index is -0.423. The molecule has 2 aliphatic heterocycles. The fraction of sp³-hybridized carbons (Fsp3) is 0.250. The number of nitrogens with zero attached hydrogens (tertiary/aromatic N) is 3. The zero-order chi connectivity index (χ0) is 25.1. The molecular weight excluding hydrogens is 470 g/mol. The molecule has 2 aliphatic rings. The van der Waals surface area contributed by atoms with Crippen molar-refractivity contribution in [3.8, 4) is 0 Å². The molecule has 2 N–H and O–H groups in total. The van der Waals surface area contributed by atoms with E-state index in [-0.39, 0.29) is 11.8 Å². The molecule has 1 atom stereocenters. The summed E-state index contributed by atoms with van der Waals surface area (Å²) in [5, 5.41) is 5.63. The summed E-state index contributed by atoms with van der Waals surface area (Å²) >= 11 is 1.55. The first-order valence-electron chi connectivity index (χ1n) is 12.0. The summed E-state index contributed by atoms with van der Waals surface area (Å²) in [5.74, 6) is -0.616. The second-order valence-electron chi connectivity index (χ2n) is 9.01. The molecule has 0 bridgehead atoms. The summed E-state index contributed by atoms with van der Waals surface area (Å²) < 4.78 is 0. The van der Waals surface area contributed by atoms with Crippen LogP contribution in [-0.2, 0) is 4.79 Å². The van der Waals surface area contributed by atoms with E-state index in [1.54, 1.807) is 31.1 Å². The lowest BCUT2D eigenvalue weighted by molar-refractivity contribution is -0.115. The summed E-state index contributed by atoms with van der Waals surface area (Å²) in [4.78, 5) is 35.9. The highest BCUT2D eigenvalue weighted by molar-refractivity contribution is 7.99. The van der Waals surface area contributed by atoms with E-state index in [1.807, 2.05) is 48.5 Å². The van der Waals surface area contributed by atoms with Crippen molar-refractivity contribution < 1.29 is 9.59 Å². The van der Waals surface area contributed by atoms with Crippen molar-refractivity contribution in [2.24, 2.45) is 4.99 Å². The van der Waals surface area contributed by atoms with E-state index >= 15 is 0 Å². The summed E-state index contributed by atoms with van der Waals surface area (Å²) in [5.41, 5.74) is 4.37. The molecule has 36 heavy (non-hydrogen) atoms. The van der Waals surface area contributed by atoms with E-state index in [9.17, 15) is 9.59 Å². The number of hydrogen-bond donors (Lipinski definition) is 2. The molecule has 0 aliphatic carbocycles. The Bertz CT molecular complexity index is 1300. The first-order valence-corrected chi connectivity index (χ1v) is 12.8. The minimum Gasteiger partial charge on any atom is -0.369 e. The highest BCUT2D eigenvalue weighted by Crippen LogP contribution is 2.37. The van der Waals surface area contributed by atoms with Gasteiger partial charge in [-0.2, -0.15) is 0 Å². The number of benzene rings is 3. The Hall–Kier alpha value is -3.62. The molecule has 0 radical (unpaired) electrons. The molecule has 7 nitrogen and oxygen atoms in total. The number of carbonyl (C=O) groups is 2. The maximum Gasteiger partial charge on any atom is 0.251 e. The average Bonchev–Trinajstić information content (AvgIpc) is 3.22. The van der Waals surface area contributed by atoms with Gasteiger partial charge in [0.15, 0.2) is 0 Å². The van der Waals surface area contributed by atoms with Crippen LogP contribution in [0.2, 0.25) is 0 Å². The highest BCUT2D eigenvalue weighted by atomic mass is 32.2. The molecule has 1 unspecified atom stereocenters. The molecule has 2 heterocycles. The molecule has 0 spiro atoms. The molecule has 3 aromatic rings. The second-order valence-corrected chi connectivity index (χ2v) is 10.2. The molecule has 0 aromatic heterocycles. The van der Waals surface area contributed by atoms with Gasteiger partial charge < -0.3 is 20.4 Å². The Morgan fingerprint density at radius 1 is 1.03 bits per heavy atom. The fourth-order valence-corrected chi connectivity index (χ4v) is 5.35. The summed E-state index contributed by atoms with van der Waals surface area (Å²) in [6.07, 6.45) is 1.73. The molecule has 0 saturated carbocycles. The van der Waals surface area contributed by atoms with Crippen molar-refractivity contribution in [3.05, 3.63) is 77.9 Å². The van der Waals surface area contributed by atoms with Crippen LogP contribution in [-0.4, -0.2) is 63.2 Å². The van der Waals surface area contributed by atoms with Gasteiger partial charge in [0, 0.05) is 66.2 Å². The Kier molecular flexibility index (Phi) is 7.06. The summed E-state index contributed by atoms with van der Waals surface area (Å²) in [6, 6.07) is 21.6. The largest absolute Gasteiger partial charge is 0.369 e. The molecule has 3 aromatic carbocycles. The van der Waals surface area contributed by atoms with Crippen molar-refractivity contribution in [3.63, 3.8) is 0 Å². The Labute approximate surface area is 215 Å². The van der Waals surface area contributed by atoms with E-state index in [4.69, 9.17) is 0 Å². The minimum absolute atomic E-state index is 0.0772.